The van der Waals surface area contributed by atoms with E-state index in [1.807, 2.05) is 6.07 Å². The van der Waals surface area contributed by atoms with Gasteiger partial charge in [-0.2, -0.15) is 0 Å². The molecule has 0 saturated heterocycles. The number of benzene rings is 2. The van der Waals surface area contributed by atoms with Crippen LogP contribution in [0.2, 0.25) is 0 Å². The van der Waals surface area contributed by atoms with Gasteiger partial charge in [-0.1, -0.05) is 24.3 Å². The fourth-order valence-electron chi connectivity index (χ4n) is 1.94. The average molecular weight is 288 g/mol. The van der Waals surface area contributed by atoms with Gasteiger partial charge in [-0.25, -0.2) is 9.87 Å². The van der Waals surface area contributed by atoms with E-state index in [1.165, 1.54) is 6.07 Å². The summed E-state index contributed by atoms with van der Waals surface area (Å²) >= 11 is 0. The van der Waals surface area contributed by atoms with Gasteiger partial charge in [-0.3, -0.25) is 10.0 Å². The summed E-state index contributed by atoms with van der Waals surface area (Å²) < 4.78 is 13.4. The van der Waals surface area contributed by atoms with Gasteiger partial charge >= 0.3 is 0 Å². The number of hydroxylamine groups is 1. The Morgan fingerprint density at radius 1 is 1.10 bits per heavy atom. The zero-order chi connectivity index (χ0) is 15.2. The van der Waals surface area contributed by atoms with Crippen molar-refractivity contribution in [3.63, 3.8) is 0 Å². The van der Waals surface area contributed by atoms with Crippen LogP contribution in [0.5, 0.6) is 0 Å². The van der Waals surface area contributed by atoms with Gasteiger partial charge in [0.2, 0.25) is 0 Å². The fourth-order valence-corrected chi connectivity index (χ4v) is 1.94. The molecule has 0 radical (unpaired) electrons. The van der Waals surface area contributed by atoms with Crippen molar-refractivity contribution < 1.29 is 14.4 Å². The molecule has 1 amide bonds. The molecule has 0 aliphatic heterocycles. The topological polar surface area (TPSA) is 61.4 Å². The Kier molecular flexibility index (Phi) is 5.03. The van der Waals surface area contributed by atoms with Crippen molar-refractivity contribution in [1.29, 1.82) is 0 Å². The summed E-state index contributed by atoms with van der Waals surface area (Å²) in [4.78, 5) is 11.2. The number of rotatable bonds is 5. The highest BCUT2D eigenvalue weighted by Gasteiger charge is 2.03. The summed E-state index contributed by atoms with van der Waals surface area (Å²) in [6, 6.07) is 12.0. The lowest BCUT2D eigenvalue weighted by Gasteiger charge is -2.07. The first kappa shape index (κ1) is 15.2. The number of halogens is 1. The van der Waals surface area contributed by atoms with Crippen LogP contribution in [0.25, 0.3) is 0 Å². The van der Waals surface area contributed by atoms with Crippen LogP contribution in [0.4, 0.5) is 4.39 Å². The van der Waals surface area contributed by atoms with E-state index < -0.39 is 5.91 Å². The zero-order valence-corrected chi connectivity index (χ0v) is 11.7. The van der Waals surface area contributed by atoms with Crippen LogP contribution >= 0.6 is 0 Å². The van der Waals surface area contributed by atoms with Crippen molar-refractivity contribution >= 4 is 5.91 Å². The molecule has 0 bridgehead atoms. The quantitative estimate of drug-likeness (QED) is 0.585. The minimum Gasteiger partial charge on any atom is -0.309 e. The molecule has 2 aromatic carbocycles. The third-order valence-corrected chi connectivity index (χ3v) is 3.21. The van der Waals surface area contributed by atoms with E-state index in [4.69, 9.17) is 5.21 Å². The molecule has 4 nitrogen and oxygen atoms in total. The van der Waals surface area contributed by atoms with Crippen LogP contribution in [-0.2, 0) is 13.1 Å². The normalized spacial score (nSPS) is 10.4. The molecule has 0 aromatic heterocycles. The summed E-state index contributed by atoms with van der Waals surface area (Å²) in [5.41, 5.74) is 4.49. The molecule has 0 aliphatic carbocycles. The second kappa shape index (κ2) is 6.97. The predicted octanol–water partition coefficient (Wildman–Crippen LogP) is 2.54. The van der Waals surface area contributed by atoms with Crippen molar-refractivity contribution in [3.8, 4) is 0 Å². The van der Waals surface area contributed by atoms with E-state index in [1.54, 1.807) is 42.7 Å². The molecule has 0 heterocycles. The number of nitrogens with one attached hydrogen (secondary N) is 2. The van der Waals surface area contributed by atoms with Crippen LogP contribution in [0.3, 0.4) is 0 Å². The van der Waals surface area contributed by atoms with E-state index in [2.05, 4.69) is 5.32 Å². The summed E-state index contributed by atoms with van der Waals surface area (Å²) in [5.74, 6) is -0.738. The highest BCUT2D eigenvalue weighted by molar-refractivity contribution is 5.93. The Balaban J connectivity index is 1.88. The summed E-state index contributed by atoms with van der Waals surface area (Å²) in [6.45, 7) is 2.91. The largest absolute Gasteiger partial charge is 0.309 e. The highest BCUT2D eigenvalue weighted by Crippen LogP contribution is 2.09. The molecule has 0 fully saturated rings. The number of hydrogen-bond acceptors (Lipinski definition) is 3. The highest BCUT2D eigenvalue weighted by atomic mass is 19.1. The smallest absolute Gasteiger partial charge is 0.274 e. The van der Waals surface area contributed by atoms with Crippen LogP contribution in [0.1, 0.15) is 27.0 Å². The van der Waals surface area contributed by atoms with Crippen molar-refractivity contribution in [1.82, 2.24) is 10.8 Å². The van der Waals surface area contributed by atoms with Crippen molar-refractivity contribution in [3.05, 3.63) is 70.5 Å². The zero-order valence-electron chi connectivity index (χ0n) is 11.7. The Morgan fingerprint density at radius 2 is 1.71 bits per heavy atom. The number of aryl methyl sites for hydroxylation is 1. The van der Waals surface area contributed by atoms with Crippen molar-refractivity contribution in [2.75, 3.05) is 0 Å². The van der Waals surface area contributed by atoms with Gasteiger partial charge in [0.1, 0.15) is 5.82 Å². The lowest BCUT2D eigenvalue weighted by atomic mass is 10.1. The van der Waals surface area contributed by atoms with E-state index in [9.17, 15) is 9.18 Å². The molecule has 0 spiro atoms. The maximum absolute atomic E-state index is 13.4. The minimum absolute atomic E-state index is 0.200. The summed E-state index contributed by atoms with van der Waals surface area (Å²) in [7, 11) is 0. The Hall–Kier alpha value is -2.24. The Morgan fingerprint density at radius 3 is 2.33 bits per heavy atom. The molecule has 0 aliphatic rings. The van der Waals surface area contributed by atoms with Gasteiger partial charge in [0, 0.05) is 18.7 Å². The average Bonchev–Trinajstić information content (AvgIpc) is 2.51. The van der Waals surface area contributed by atoms with E-state index in [0.717, 1.165) is 11.1 Å². The van der Waals surface area contributed by atoms with Crippen LogP contribution in [0.15, 0.2) is 42.5 Å². The van der Waals surface area contributed by atoms with Gasteiger partial charge < -0.3 is 5.32 Å². The molecule has 3 N–H and O–H groups in total. The van der Waals surface area contributed by atoms with E-state index >= 15 is 0 Å². The van der Waals surface area contributed by atoms with E-state index in [0.29, 0.717) is 24.2 Å². The number of amides is 1. The predicted molar refractivity (Wildman–Crippen MR) is 77.4 cm³/mol. The Labute approximate surface area is 122 Å². The van der Waals surface area contributed by atoms with Crippen molar-refractivity contribution in [2.24, 2.45) is 0 Å². The first-order chi connectivity index (χ1) is 10.1. The Bertz CT molecular complexity index is 627. The number of hydrogen-bond donors (Lipinski definition) is 3. The minimum atomic E-state index is -0.537. The molecular weight excluding hydrogens is 271 g/mol. The van der Waals surface area contributed by atoms with Crippen LogP contribution in [-0.4, -0.2) is 11.1 Å². The standard InChI is InChI=1S/C16H17FN2O2/c1-11-2-3-13(8-15(11)17)10-18-9-12-4-6-14(7-5-12)16(20)19-21/h2-8,18,21H,9-10H2,1H3,(H,19,20). The SMILES string of the molecule is Cc1ccc(CNCc2ccc(C(=O)NO)cc2)cc1F. The molecule has 110 valence electrons. The lowest BCUT2D eigenvalue weighted by Crippen LogP contribution is -2.18. The molecule has 2 rings (SSSR count). The van der Waals surface area contributed by atoms with E-state index in [-0.39, 0.29) is 5.82 Å². The van der Waals surface area contributed by atoms with Crippen LogP contribution < -0.4 is 10.8 Å². The fraction of sp³-hybridized carbons (Fsp3) is 0.188. The third-order valence-electron chi connectivity index (χ3n) is 3.21. The maximum atomic E-state index is 13.4. The molecular formula is C16H17FN2O2. The van der Waals surface area contributed by atoms with Crippen LogP contribution in [0, 0.1) is 12.7 Å². The summed E-state index contributed by atoms with van der Waals surface area (Å²) in [5, 5.41) is 11.7. The monoisotopic (exact) mass is 288 g/mol. The van der Waals surface area contributed by atoms with Crippen molar-refractivity contribution in [2.45, 2.75) is 20.0 Å². The van der Waals surface area contributed by atoms with Gasteiger partial charge in [0.15, 0.2) is 0 Å². The second-order valence-corrected chi connectivity index (χ2v) is 4.82. The van der Waals surface area contributed by atoms with Gasteiger partial charge in [-0.05, 0) is 41.8 Å². The molecule has 0 saturated carbocycles. The maximum Gasteiger partial charge on any atom is 0.274 e. The molecule has 21 heavy (non-hydrogen) atoms. The number of carbonyl (C=O) groups excluding carboxylic acids is 1. The summed E-state index contributed by atoms with van der Waals surface area (Å²) in [6.07, 6.45) is 0. The molecule has 2 aromatic rings. The molecule has 5 heteroatoms. The molecule has 0 unspecified atom stereocenters. The second-order valence-electron chi connectivity index (χ2n) is 4.82. The third kappa shape index (κ3) is 4.11. The first-order valence-corrected chi connectivity index (χ1v) is 6.59. The molecule has 0 atom stereocenters. The lowest BCUT2D eigenvalue weighted by molar-refractivity contribution is 0.0706. The first-order valence-electron chi connectivity index (χ1n) is 6.59. The van der Waals surface area contributed by atoms with Gasteiger partial charge in [-0.15, -0.1) is 0 Å². The number of carbonyl (C=O) groups is 1. The van der Waals surface area contributed by atoms with Gasteiger partial charge in [0.25, 0.3) is 5.91 Å². The van der Waals surface area contributed by atoms with Gasteiger partial charge in [0.05, 0.1) is 0 Å².